The maximum atomic E-state index is 11.2. The molecule has 0 saturated heterocycles. The van der Waals surface area contributed by atoms with Crippen molar-refractivity contribution in [1.82, 2.24) is 9.88 Å². The lowest BCUT2D eigenvalue weighted by Crippen LogP contribution is -2.30. The van der Waals surface area contributed by atoms with Gasteiger partial charge in [0.2, 0.25) is 0 Å². The fourth-order valence-corrected chi connectivity index (χ4v) is 1.95. The van der Waals surface area contributed by atoms with Gasteiger partial charge in [0.15, 0.2) is 5.78 Å². The maximum Gasteiger partial charge on any atom is 0.161 e. The molecule has 0 aromatic carbocycles. The molecule has 2 rings (SSSR count). The highest BCUT2D eigenvalue weighted by Crippen LogP contribution is 2.17. The molecule has 0 bridgehead atoms. The summed E-state index contributed by atoms with van der Waals surface area (Å²) in [6, 6.07) is 1.99. The van der Waals surface area contributed by atoms with E-state index >= 15 is 0 Å². The molecule has 0 radical (unpaired) electrons. The summed E-state index contributed by atoms with van der Waals surface area (Å²) in [5, 5.41) is 0. The third kappa shape index (κ3) is 2.07. The molecule has 0 N–H and O–H groups in total. The predicted molar refractivity (Wildman–Crippen MR) is 58.9 cm³/mol. The average Bonchev–Trinajstić information content (AvgIpc) is 2.27. The summed E-state index contributed by atoms with van der Waals surface area (Å²) >= 11 is 0. The van der Waals surface area contributed by atoms with Crippen LogP contribution in [-0.2, 0) is 13.0 Å². The van der Waals surface area contributed by atoms with E-state index in [4.69, 9.17) is 0 Å². The van der Waals surface area contributed by atoms with Crippen molar-refractivity contribution >= 4 is 5.78 Å². The summed E-state index contributed by atoms with van der Waals surface area (Å²) in [5.41, 5.74) is 3.10. The fourth-order valence-electron chi connectivity index (χ4n) is 1.95. The summed E-state index contributed by atoms with van der Waals surface area (Å²) < 4.78 is 0. The van der Waals surface area contributed by atoms with Crippen molar-refractivity contribution in [3.05, 3.63) is 29.1 Å². The predicted octanol–water partition coefficient (Wildman–Crippen LogP) is 1.66. The van der Waals surface area contributed by atoms with Crippen LogP contribution in [0.2, 0.25) is 0 Å². The van der Waals surface area contributed by atoms with Crippen LogP contribution in [0.1, 0.15) is 35.5 Å². The second-order valence-electron chi connectivity index (χ2n) is 4.00. The van der Waals surface area contributed by atoms with Gasteiger partial charge in [0.25, 0.3) is 0 Å². The van der Waals surface area contributed by atoms with Gasteiger partial charge in [0.05, 0.1) is 0 Å². The van der Waals surface area contributed by atoms with Crippen LogP contribution in [0.4, 0.5) is 0 Å². The normalized spacial score (nSPS) is 16.1. The van der Waals surface area contributed by atoms with Gasteiger partial charge in [0, 0.05) is 37.0 Å². The molecule has 3 nitrogen and oxygen atoms in total. The van der Waals surface area contributed by atoms with Crippen LogP contribution in [0.15, 0.2) is 12.3 Å². The highest BCUT2D eigenvalue weighted by atomic mass is 16.1. The summed E-state index contributed by atoms with van der Waals surface area (Å²) in [6.07, 6.45) is 2.70. The minimum absolute atomic E-state index is 0.0962. The number of rotatable bonds is 2. The number of Topliss-reactive ketones (excluding diaryl/α,β-unsaturated/α-hetero) is 1. The summed E-state index contributed by atoms with van der Waals surface area (Å²) in [4.78, 5) is 18.0. The Kier molecular flexibility index (Phi) is 2.82. The van der Waals surface area contributed by atoms with Crippen LogP contribution in [-0.4, -0.2) is 28.8 Å². The topological polar surface area (TPSA) is 33.2 Å². The summed E-state index contributed by atoms with van der Waals surface area (Å²) in [7, 11) is 0. The molecule has 0 fully saturated rings. The van der Waals surface area contributed by atoms with Crippen molar-refractivity contribution < 1.29 is 4.79 Å². The van der Waals surface area contributed by atoms with Gasteiger partial charge in [-0.05, 0) is 25.1 Å². The number of nitrogens with zero attached hydrogens (tertiary/aromatic N) is 2. The van der Waals surface area contributed by atoms with Crippen LogP contribution in [0, 0.1) is 0 Å². The van der Waals surface area contributed by atoms with Crippen LogP contribution in [0.25, 0.3) is 0 Å². The first-order valence-corrected chi connectivity index (χ1v) is 5.41. The first-order valence-electron chi connectivity index (χ1n) is 5.41. The van der Waals surface area contributed by atoms with Gasteiger partial charge in [-0.1, -0.05) is 6.92 Å². The molecule has 1 aliphatic rings. The SMILES string of the molecule is CCN1CCc2ncc(C(C)=O)cc2C1. The average molecular weight is 204 g/mol. The van der Waals surface area contributed by atoms with Crippen molar-refractivity contribution in [2.45, 2.75) is 26.8 Å². The van der Waals surface area contributed by atoms with E-state index in [1.54, 1.807) is 13.1 Å². The summed E-state index contributed by atoms with van der Waals surface area (Å²) in [5.74, 6) is 0.0962. The number of aromatic nitrogens is 1. The largest absolute Gasteiger partial charge is 0.299 e. The van der Waals surface area contributed by atoms with E-state index < -0.39 is 0 Å². The number of fused-ring (bicyclic) bond motifs is 1. The van der Waals surface area contributed by atoms with E-state index in [0.717, 1.165) is 37.3 Å². The molecule has 0 saturated carbocycles. The van der Waals surface area contributed by atoms with E-state index in [1.165, 1.54) is 5.56 Å². The Balaban J connectivity index is 2.30. The van der Waals surface area contributed by atoms with Gasteiger partial charge < -0.3 is 0 Å². The lowest BCUT2D eigenvalue weighted by molar-refractivity contribution is 0.101. The third-order valence-corrected chi connectivity index (χ3v) is 2.97. The third-order valence-electron chi connectivity index (χ3n) is 2.97. The molecular formula is C12H16N2O. The van der Waals surface area contributed by atoms with Crippen molar-refractivity contribution in [1.29, 1.82) is 0 Å². The number of carbonyl (C=O) groups excluding carboxylic acids is 1. The van der Waals surface area contributed by atoms with Crippen LogP contribution in [0.5, 0.6) is 0 Å². The van der Waals surface area contributed by atoms with Crippen molar-refractivity contribution in [2.24, 2.45) is 0 Å². The zero-order valence-electron chi connectivity index (χ0n) is 9.29. The van der Waals surface area contributed by atoms with E-state index in [9.17, 15) is 4.79 Å². The molecule has 0 unspecified atom stereocenters. The molecule has 3 heteroatoms. The van der Waals surface area contributed by atoms with Crippen LogP contribution in [0.3, 0.4) is 0 Å². The molecule has 0 atom stereocenters. The van der Waals surface area contributed by atoms with E-state index in [1.807, 2.05) is 6.07 Å². The molecular weight excluding hydrogens is 188 g/mol. The molecule has 1 aliphatic heterocycles. The number of hydrogen-bond donors (Lipinski definition) is 0. The van der Waals surface area contributed by atoms with Crippen molar-refractivity contribution in [2.75, 3.05) is 13.1 Å². The van der Waals surface area contributed by atoms with Crippen molar-refractivity contribution in [3.8, 4) is 0 Å². The standard InChI is InChI=1S/C12H16N2O/c1-3-14-5-4-12-11(8-14)6-10(7-13-12)9(2)15/h6-7H,3-5,8H2,1-2H3. The molecule has 80 valence electrons. The Labute approximate surface area is 90.1 Å². The number of likely N-dealkylation sites (N-methyl/N-ethyl adjacent to an activating group) is 1. The Morgan fingerprint density at radius 3 is 3.07 bits per heavy atom. The lowest BCUT2D eigenvalue weighted by Gasteiger charge is -2.26. The number of ketones is 1. The Morgan fingerprint density at radius 1 is 1.60 bits per heavy atom. The van der Waals surface area contributed by atoms with Gasteiger partial charge in [-0.15, -0.1) is 0 Å². The smallest absolute Gasteiger partial charge is 0.161 e. The molecule has 1 aromatic rings. The monoisotopic (exact) mass is 204 g/mol. The summed E-state index contributed by atoms with van der Waals surface area (Å²) in [6.45, 7) is 6.82. The van der Waals surface area contributed by atoms with E-state index in [0.29, 0.717) is 0 Å². The zero-order valence-corrected chi connectivity index (χ0v) is 9.29. The number of carbonyl (C=O) groups is 1. The molecule has 0 spiro atoms. The highest BCUT2D eigenvalue weighted by molar-refractivity contribution is 5.93. The van der Waals surface area contributed by atoms with Gasteiger partial charge in [-0.3, -0.25) is 14.7 Å². The Hall–Kier alpha value is -1.22. The minimum Gasteiger partial charge on any atom is -0.299 e. The van der Waals surface area contributed by atoms with Crippen molar-refractivity contribution in [3.63, 3.8) is 0 Å². The van der Waals surface area contributed by atoms with Gasteiger partial charge in [-0.2, -0.15) is 0 Å². The van der Waals surface area contributed by atoms with Gasteiger partial charge in [-0.25, -0.2) is 0 Å². The molecule has 2 heterocycles. The van der Waals surface area contributed by atoms with Crippen LogP contribution < -0.4 is 0 Å². The number of hydrogen-bond acceptors (Lipinski definition) is 3. The maximum absolute atomic E-state index is 11.2. The first kappa shape index (κ1) is 10.3. The Morgan fingerprint density at radius 2 is 2.40 bits per heavy atom. The lowest BCUT2D eigenvalue weighted by atomic mass is 10.0. The molecule has 0 aliphatic carbocycles. The van der Waals surface area contributed by atoms with Gasteiger partial charge in [0.1, 0.15) is 0 Å². The highest BCUT2D eigenvalue weighted by Gasteiger charge is 2.16. The van der Waals surface area contributed by atoms with E-state index in [2.05, 4.69) is 16.8 Å². The quantitative estimate of drug-likeness (QED) is 0.687. The second kappa shape index (κ2) is 4.11. The number of pyridine rings is 1. The van der Waals surface area contributed by atoms with Gasteiger partial charge >= 0.3 is 0 Å². The first-order chi connectivity index (χ1) is 7.20. The second-order valence-corrected chi connectivity index (χ2v) is 4.00. The van der Waals surface area contributed by atoms with Crippen LogP contribution >= 0.6 is 0 Å². The Bertz CT molecular complexity index is 387. The van der Waals surface area contributed by atoms with E-state index in [-0.39, 0.29) is 5.78 Å². The fraction of sp³-hybridized carbons (Fsp3) is 0.500. The molecule has 1 aromatic heterocycles. The molecule has 15 heavy (non-hydrogen) atoms. The molecule has 0 amide bonds. The zero-order chi connectivity index (χ0) is 10.8. The minimum atomic E-state index is 0.0962.